The molecule has 0 saturated heterocycles. The lowest BCUT2D eigenvalue weighted by Gasteiger charge is -2.33. The summed E-state index contributed by atoms with van der Waals surface area (Å²) in [6.45, 7) is 3.13. The molecular weight excluding hydrogens is 182 g/mol. The Hall–Kier alpha value is -0.940. The molecule has 1 aliphatic rings. The molecule has 1 fully saturated rings. The van der Waals surface area contributed by atoms with Gasteiger partial charge >= 0.3 is 0 Å². The van der Waals surface area contributed by atoms with Crippen molar-refractivity contribution in [1.82, 2.24) is 10.3 Å². The maximum absolute atomic E-state index is 5.62. The summed E-state index contributed by atoms with van der Waals surface area (Å²) in [5, 5.41) is 7.43. The van der Waals surface area contributed by atoms with Crippen molar-refractivity contribution in [2.75, 3.05) is 6.54 Å². The third-order valence-corrected chi connectivity index (χ3v) is 2.73. The van der Waals surface area contributed by atoms with Gasteiger partial charge in [0.15, 0.2) is 0 Å². The second-order valence-corrected chi connectivity index (χ2v) is 3.80. The van der Waals surface area contributed by atoms with Crippen LogP contribution in [0, 0.1) is 12.8 Å². The van der Waals surface area contributed by atoms with E-state index >= 15 is 0 Å². The highest BCUT2D eigenvalue weighted by Crippen LogP contribution is 2.29. The summed E-state index contributed by atoms with van der Waals surface area (Å²) in [6.07, 6.45) is 2.49. The molecule has 0 amide bonds. The van der Waals surface area contributed by atoms with Crippen molar-refractivity contribution in [2.45, 2.75) is 32.5 Å². The smallest absolute Gasteiger partial charge is 0.133 e. The summed E-state index contributed by atoms with van der Waals surface area (Å²) in [5.74, 6) is 0.650. The molecule has 1 saturated carbocycles. The Morgan fingerprint density at radius 1 is 1.50 bits per heavy atom. The molecule has 1 aromatic rings. The summed E-state index contributed by atoms with van der Waals surface area (Å²) in [6, 6.07) is 0. The van der Waals surface area contributed by atoms with Crippen molar-refractivity contribution in [3.63, 3.8) is 0 Å². The minimum atomic E-state index is 0.347. The van der Waals surface area contributed by atoms with Crippen LogP contribution in [0.3, 0.4) is 0 Å². The third kappa shape index (κ3) is 1.93. The molecule has 1 aromatic heterocycles. The van der Waals surface area contributed by atoms with Gasteiger partial charge in [-0.2, -0.15) is 0 Å². The number of nitrogens with two attached hydrogens (primary N) is 1. The lowest BCUT2D eigenvalue weighted by Crippen LogP contribution is -2.35. The van der Waals surface area contributed by atoms with Gasteiger partial charge in [0.05, 0.1) is 12.7 Å². The van der Waals surface area contributed by atoms with Crippen molar-refractivity contribution < 1.29 is 9.37 Å². The molecule has 0 aromatic carbocycles. The first kappa shape index (κ1) is 9.61. The maximum Gasteiger partial charge on any atom is 0.133 e. The van der Waals surface area contributed by atoms with E-state index in [0.29, 0.717) is 18.6 Å². The Morgan fingerprint density at radius 2 is 2.29 bits per heavy atom. The van der Waals surface area contributed by atoms with E-state index in [4.69, 9.17) is 10.5 Å². The molecule has 0 unspecified atom stereocenters. The Morgan fingerprint density at radius 3 is 2.86 bits per heavy atom. The minimum Gasteiger partial charge on any atom is -0.372 e. The number of rotatable bonds is 4. The third-order valence-electron chi connectivity index (χ3n) is 2.73. The molecule has 5 heteroatoms. The van der Waals surface area contributed by atoms with Crippen LogP contribution in [0.25, 0.3) is 0 Å². The van der Waals surface area contributed by atoms with E-state index in [9.17, 15) is 0 Å². The summed E-state index contributed by atoms with van der Waals surface area (Å²) in [4.78, 5) is 0. The lowest BCUT2D eigenvalue weighted by molar-refractivity contribution is -0.0396. The molecule has 0 bridgehead atoms. The second-order valence-electron chi connectivity index (χ2n) is 3.80. The molecule has 2 rings (SSSR count). The van der Waals surface area contributed by atoms with Gasteiger partial charge in [-0.05, 0) is 32.2 Å². The first-order chi connectivity index (χ1) is 6.79. The first-order valence-electron chi connectivity index (χ1n) is 4.89. The van der Waals surface area contributed by atoms with Crippen molar-refractivity contribution in [3.05, 3.63) is 11.4 Å². The number of nitrogens with zero attached hydrogens (tertiary/aromatic N) is 2. The standard InChI is InChI=1S/C9H15N3O2/c1-6-9(12-14-11-6)5-13-8-2-7(3-8)4-10/h7-8H,2-5,10H2,1H3. The topological polar surface area (TPSA) is 74.2 Å². The van der Waals surface area contributed by atoms with Crippen LogP contribution >= 0.6 is 0 Å². The fourth-order valence-electron chi connectivity index (χ4n) is 1.58. The predicted molar refractivity (Wildman–Crippen MR) is 49.4 cm³/mol. The fraction of sp³-hybridized carbons (Fsp3) is 0.778. The van der Waals surface area contributed by atoms with Gasteiger partial charge in [-0.25, -0.2) is 4.63 Å². The van der Waals surface area contributed by atoms with Crippen molar-refractivity contribution >= 4 is 0 Å². The van der Waals surface area contributed by atoms with Gasteiger partial charge in [0.2, 0.25) is 0 Å². The molecule has 0 radical (unpaired) electrons. The summed E-state index contributed by atoms with van der Waals surface area (Å²) < 4.78 is 10.2. The molecule has 5 nitrogen and oxygen atoms in total. The Bertz CT molecular complexity index is 294. The molecule has 0 spiro atoms. The summed E-state index contributed by atoms with van der Waals surface area (Å²) in [5.41, 5.74) is 7.12. The molecule has 2 N–H and O–H groups in total. The van der Waals surface area contributed by atoms with Crippen LogP contribution in [0.15, 0.2) is 4.63 Å². The monoisotopic (exact) mass is 197 g/mol. The molecule has 78 valence electrons. The lowest BCUT2D eigenvalue weighted by atomic mass is 9.82. The molecule has 14 heavy (non-hydrogen) atoms. The fourth-order valence-corrected chi connectivity index (χ4v) is 1.58. The zero-order valence-electron chi connectivity index (χ0n) is 8.27. The van der Waals surface area contributed by atoms with E-state index in [1.165, 1.54) is 0 Å². The van der Waals surface area contributed by atoms with E-state index in [2.05, 4.69) is 14.9 Å². The van der Waals surface area contributed by atoms with Crippen LogP contribution in [0.5, 0.6) is 0 Å². The van der Waals surface area contributed by atoms with Crippen LogP contribution in [0.1, 0.15) is 24.2 Å². The Kier molecular flexibility index (Phi) is 2.79. The van der Waals surface area contributed by atoms with Gasteiger partial charge in [0.1, 0.15) is 11.4 Å². The first-order valence-corrected chi connectivity index (χ1v) is 4.89. The second kappa shape index (κ2) is 4.06. The van der Waals surface area contributed by atoms with Crippen LogP contribution in [-0.2, 0) is 11.3 Å². The van der Waals surface area contributed by atoms with Crippen molar-refractivity contribution in [2.24, 2.45) is 11.7 Å². The zero-order valence-corrected chi connectivity index (χ0v) is 8.27. The highest BCUT2D eigenvalue weighted by molar-refractivity contribution is 5.02. The van der Waals surface area contributed by atoms with E-state index in [1.54, 1.807) is 0 Å². The quantitative estimate of drug-likeness (QED) is 0.766. The van der Waals surface area contributed by atoms with E-state index in [-0.39, 0.29) is 0 Å². The summed E-state index contributed by atoms with van der Waals surface area (Å²) in [7, 11) is 0. The number of aryl methyl sites for hydroxylation is 1. The highest BCUT2D eigenvalue weighted by atomic mass is 16.6. The normalized spacial score (nSPS) is 26.1. The zero-order chi connectivity index (χ0) is 9.97. The number of ether oxygens (including phenoxy) is 1. The van der Waals surface area contributed by atoms with Crippen LogP contribution in [0.4, 0.5) is 0 Å². The minimum absolute atomic E-state index is 0.347. The van der Waals surface area contributed by atoms with Gasteiger partial charge in [-0.1, -0.05) is 10.3 Å². The molecule has 1 aliphatic carbocycles. The van der Waals surface area contributed by atoms with Gasteiger partial charge in [-0.3, -0.25) is 0 Å². The SMILES string of the molecule is Cc1nonc1COC1CC(CN)C1. The van der Waals surface area contributed by atoms with Gasteiger partial charge in [0, 0.05) is 0 Å². The average Bonchev–Trinajstić information content (AvgIpc) is 2.49. The average molecular weight is 197 g/mol. The van der Waals surface area contributed by atoms with Gasteiger partial charge in [-0.15, -0.1) is 0 Å². The highest BCUT2D eigenvalue weighted by Gasteiger charge is 2.28. The molecule has 0 aliphatic heterocycles. The van der Waals surface area contributed by atoms with E-state index in [0.717, 1.165) is 30.8 Å². The van der Waals surface area contributed by atoms with Gasteiger partial charge < -0.3 is 10.5 Å². The molecular formula is C9H15N3O2. The summed E-state index contributed by atoms with van der Waals surface area (Å²) >= 11 is 0. The van der Waals surface area contributed by atoms with E-state index in [1.807, 2.05) is 6.92 Å². The van der Waals surface area contributed by atoms with E-state index < -0.39 is 0 Å². The van der Waals surface area contributed by atoms with Crippen molar-refractivity contribution in [1.29, 1.82) is 0 Å². The Labute approximate surface area is 82.6 Å². The van der Waals surface area contributed by atoms with Crippen molar-refractivity contribution in [3.8, 4) is 0 Å². The van der Waals surface area contributed by atoms with Crippen LogP contribution < -0.4 is 5.73 Å². The van der Waals surface area contributed by atoms with Crippen LogP contribution in [0.2, 0.25) is 0 Å². The van der Waals surface area contributed by atoms with Crippen LogP contribution in [-0.4, -0.2) is 23.0 Å². The largest absolute Gasteiger partial charge is 0.372 e. The number of hydrogen-bond acceptors (Lipinski definition) is 5. The number of hydrogen-bond donors (Lipinski definition) is 1. The maximum atomic E-state index is 5.62. The molecule has 0 atom stereocenters. The molecule has 1 heterocycles. The van der Waals surface area contributed by atoms with Gasteiger partial charge in [0.25, 0.3) is 0 Å². The number of aromatic nitrogens is 2. The predicted octanol–water partition coefficient (Wildman–Crippen LogP) is 0.632. The Balaban J connectivity index is 1.72.